The standard InChI is InChI=1S/C17H26N6O9S/c1-7(2)10(24)12(26)16(28)22-33(29,30)31-4-8-11(25)13(27)17(32-8)23-6-21-9-14(18-3)19-5-20-15(9)23/h5-8,10-13,17,24-27H,4H2,1-3H3,(H,22,28)(H,18,19,20)/t8-,10+,11-,12-,13-,17-/m1/s1. The van der Waals surface area contributed by atoms with Crippen molar-refractivity contribution in [2.45, 2.75) is 50.6 Å². The summed E-state index contributed by atoms with van der Waals surface area (Å²) in [5, 5.41) is 43.0. The van der Waals surface area contributed by atoms with Gasteiger partial charge in [0.05, 0.1) is 19.0 Å². The van der Waals surface area contributed by atoms with Gasteiger partial charge in [0.15, 0.2) is 23.8 Å². The smallest absolute Gasteiger partial charge is 0.362 e. The molecule has 3 heterocycles. The van der Waals surface area contributed by atoms with Gasteiger partial charge in [0.25, 0.3) is 5.91 Å². The van der Waals surface area contributed by atoms with E-state index in [1.165, 1.54) is 35.8 Å². The highest BCUT2D eigenvalue weighted by Gasteiger charge is 2.45. The first kappa shape index (κ1) is 25.2. The van der Waals surface area contributed by atoms with Gasteiger partial charge in [-0.05, 0) is 5.92 Å². The second kappa shape index (κ2) is 9.80. The Bertz CT molecular complexity index is 1090. The van der Waals surface area contributed by atoms with E-state index in [-0.39, 0.29) is 0 Å². The summed E-state index contributed by atoms with van der Waals surface area (Å²) in [6.07, 6.45) is -6.39. The SMILES string of the molecule is CNc1ncnc2c1ncn2[C@@H]1O[C@H](COS(=O)(=O)NC(=O)[C@H](O)[C@@H](O)C(C)C)[C@@H](O)[C@H]1O. The molecule has 1 fully saturated rings. The van der Waals surface area contributed by atoms with Crippen LogP contribution in [0.2, 0.25) is 0 Å². The molecule has 6 atom stereocenters. The molecule has 16 heteroatoms. The van der Waals surface area contributed by atoms with E-state index in [0.29, 0.717) is 17.0 Å². The Morgan fingerprint density at radius 1 is 1.24 bits per heavy atom. The normalized spacial score (nSPS) is 25.3. The molecule has 3 rings (SSSR count). The van der Waals surface area contributed by atoms with Gasteiger partial charge >= 0.3 is 10.3 Å². The Balaban J connectivity index is 1.67. The average Bonchev–Trinajstić information content (AvgIpc) is 3.32. The van der Waals surface area contributed by atoms with E-state index in [9.17, 15) is 33.6 Å². The molecule has 1 aliphatic heterocycles. The molecule has 0 radical (unpaired) electrons. The minimum Gasteiger partial charge on any atom is -0.390 e. The van der Waals surface area contributed by atoms with Gasteiger partial charge in [-0.3, -0.25) is 13.5 Å². The molecule has 0 aromatic carbocycles. The molecular formula is C17H26N6O9S. The molecule has 1 aliphatic rings. The monoisotopic (exact) mass is 490 g/mol. The maximum absolute atomic E-state index is 12.1. The van der Waals surface area contributed by atoms with E-state index in [1.807, 2.05) is 0 Å². The van der Waals surface area contributed by atoms with Gasteiger partial charge in [-0.2, -0.15) is 8.42 Å². The number of ether oxygens (including phenoxy) is 1. The van der Waals surface area contributed by atoms with Crippen molar-refractivity contribution in [2.24, 2.45) is 5.92 Å². The van der Waals surface area contributed by atoms with Crippen molar-refractivity contribution in [2.75, 3.05) is 19.0 Å². The fourth-order valence-electron chi connectivity index (χ4n) is 3.21. The van der Waals surface area contributed by atoms with E-state index < -0.39 is 65.5 Å². The van der Waals surface area contributed by atoms with Gasteiger partial charge in [0.2, 0.25) is 0 Å². The van der Waals surface area contributed by atoms with Crippen molar-refractivity contribution in [1.82, 2.24) is 24.2 Å². The predicted octanol–water partition coefficient (Wildman–Crippen LogP) is -2.76. The number of aromatic nitrogens is 4. The molecule has 6 N–H and O–H groups in total. The number of carbonyl (C=O) groups excluding carboxylic acids is 1. The Hall–Kier alpha value is -2.47. The van der Waals surface area contributed by atoms with Gasteiger partial charge in [-0.25, -0.2) is 19.7 Å². The number of aliphatic hydroxyl groups is 4. The van der Waals surface area contributed by atoms with Crippen LogP contribution in [0.5, 0.6) is 0 Å². The van der Waals surface area contributed by atoms with Crippen LogP contribution in [-0.2, 0) is 24.0 Å². The number of nitrogens with zero attached hydrogens (tertiary/aromatic N) is 4. The molecule has 0 aliphatic carbocycles. The quantitative estimate of drug-likeness (QED) is 0.210. The summed E-state index contributed by atoms with van der Waals surface area (Å²) in [4.78, 5) is 24.2. The number of imidazole rings is 1. The predicted molar refractivity (Wildman–Crippen MR) is 111 cm³/mol. The zero-order valence-corrected chi connectivity index (χ0v) is 18.7. The summed E-state index contributed by atoms with van der Waals surface area (Å²) in [6, 6.07) is 0. The highest BCUT2D eigenvalue weighted by atomic mass is 32.2. The number of rotatable bonds is 9. The van der Waals surface area contributed by atoms with Crippen LogP contribution in [0.3, 0.4) is 0 Å². The topological polar surface area (TPSA) is 218 Å². The van der Waals surface area contributed by atoms with Crippen LogP contribution >= 0.6 is 0 Å². The van der Waals surface area contributed by atoms with E-state index in [1.54, 1.807) is 7.05 Å². The molecule has 1 saturated heterocycles. The maximum Gasteiger partial charge on any atom is 0.362 e. The lowest BCUT2D eigenvalue weighted by Gasteiger charge is -2.20. The summed E-state index contributed by atoms with van der Waals surface area (Å²) >= 11 is 0. The second-order valence-electron chi connectivity index (χ2n) is 7.73. The third kappa shape index (κ3) is 5.21. The Morgan fingerprint density at radius 2 is 1.94 bits per heavy atom. The first-order valence-corrected chi connectivity index (χ1v) is 11.3. The molecule has 15 nitrogen and oxygen atoms in total. The molecule has 33 heavy (non-hydrogen) atoms. The van der Waals surface area contributed by atoms with Crippen LogP contribution in [0.4, 0.5) is 5.82 Å². The molecule has 1 amide bonds. The summed E-state index contributed by atoms with van der Waals surface area (Å²) < 4.78 is 37.2. The van der Waals surface area contributed by atoms with Gasteiger partial charge in [-0.15, -0.1) is 0 Å². The number of carbonyl (C=O) groups is 1. The number of aliphatic hydroxyl groups excluding tert-OH is 4. The summed E-state index contributed by atoms with van der Waals surface area (Å²) in [7, 11) is -3.08. The summed E-state index contributed by atoms with van der Waals surface area (Å²) in [5.74, 6) is -1.46. The van der Waals surface area contributed by atoms with Crippen LogP contribution in [0.15, 0.2) is 12.7 Å². The van der Waals surface area contributed by atoms with Gasteiger partial charge in [0, 0.05) is 7.05 Å². The van der Waals surface area contributed by atoms with Crippen molar-refractivity contribution >= 4 is 33.2 Å². The maximum atomic E-state index is 12.1. The third-order valence-electron chi connectivity index (χ3n) is 5.10. The molecule has 184 valence electrons. The van der Waals surface area contributed by atoms with Crippen molar-refractivity contribution in [3.05, 3.63) is 12.7 Å². The Labute approximate surface area is 188 Å². The highest BCUT2D eigenvalue weighted by Crippen LogP contribution is 2.32. The number of hydrogen-bond donors (Lipinski definition) is 6. The minimum absolute atomic E-state index is 0.296. The Morgan fingerprint density at radius 3 is 2.58 bits per heavy atom. The molecule has 0 unspecified atom stereocenters. The molecule has 0 spiro atoms. The largest absolute Gasteiger partial charge is 0.390 e. The van der Waals surface area contributed by atoms with Crippen molar-refractivity contribution in [3.8, 4) is 0 Å². The third-order valence-corrected chi connectivity index (χ3v) is 5.99. The highest BCUT2D eigenvalue weighted by molar-refractivity contribution is 7.85. The lowest BCUT2D eigenvalue weighted by molar-refractivity contribution is -0.135. The Kier molecular flexibility index (Phi) is 7.47. The molecule has 2 aromatic rings. The van der Waals surface area contributed by atoms with Crippen molar-refractivity contribution < 1.29 is 42.6 Å². The first-order chi connectivity index (χ1) is 15.5. The first-order valence-electron chi connectivity index (χ1n) is 9.90. The van der Waals surface area contributed by atoms with Gasteiger partial charge in [0.1, 0.15) is 30.2 Å². The number of nitrogens with one attached hydrogen (secondary N) is 2. The van der Waals surface area contributed by atoms with E-state index >= 15 is 0 Å². The van der Waals surface area contributed by atoms with E-state index in [4.69, 9.17) is 4.74 Å². The van der Waals surface area contributed by atoms with Crippen molar-refractivity contribution in [1.29, 1.82) is 0 Å². The fourth-order valence-corrected chi connectivity index (χ4v) is 3.95. The van der Waals surface area contributed by atoms with Crippen LogP contribution in [-0.4, -0.2) is 98.4 Å². The van der Waals surface area contributed by atoms with Crippen LogP contribution in [0.1, 0.15) is 20.1 Å². The van der Waals surface area contributed by atoms with Gasteiger partial charge in [-0.1, -0.05) is 13.8 Å². The number of hydrogen-bond acceptors (Lipinski definition) is 13. The van der Waals surface area contributed by atoms with E-state index in [0.717, 1.165) is 0 Å². The summed E-state index contributed by atoms with van der Waals surface area (Å²) in [5.41, 5.74) is 0.683. The zero-order valence-electron chi connectivity index (χ0n) is 17.9. The van der Waals surface area contributed by atoms with E-state index in [2.05, 4.69) is 24.5 Å². The second-order valence-corrected chi connectivity index (χ2v) is 9.08. The summed E-state index contributed by atoms with van der Waals surface area (Å²) in [6.45, 7) is 2.30. The minimum atomic E-state index is -4.72. The average molecular weight is 490 g/mol. The zero-order chi connectivity index (χ0) is 24.5. The molecular weight excluding hydrogens is 464 g/mol. The fraction of sp³-hybridized carbons (Fsp3) is 0.647. The number of fused-ring (bicyclic) bond motifs is 1. The molecule has 2 aromatic heterocycles. The van der Waals surface area contributed by atoms with Crippen LogP contribution < -0.4 is 10.0 Å². The van der Waals surface area contributed by atoms with Crippen LogP contribution in [0.25, 0.3) is 11.2 Å². The number of amides is 1. The number of anilines is 1. The van der Waals surface area contributed by atoms with Crippen molar-refractivity contribution in [3.63, 3.8) is 0 Å². The lowest BCUT2D eigenvalue weighted by atomic mass is 10.0. The lowest BCUT2D eigenvalue weighted by Crippen LogP contribution is -2.47. The van der Waals surface area contributed by atoms with Crippen LogP contribution in [0, 0.1) is 5.92 Å². The molecule has 0 saturated carbocycles. The molecule has 0 bridgehead atoms. The van der Waals surface area contributed by atoms with Gasteiger partial charge < -0.3 is 30.5 Å².